The summed E-state index contributed by atoms with van der Waals surface area (Å²) in [6, 6.07) is 25.3. The summed E-state index contributed by atoms with van der Waals surface area (Å²) in [5.74, 6) is 0.0925. The first-order chi connectivity index (χ1) is 12.8. The third-order valence-electron chi connectivity index (χ3n) is 3.77. The van der Waals surface area contributed by atoms with Gasteiger partial charge < -0.3 is 10.2 Å². The van der Waals surface area contributed by atoms with Crippen molar-refractivity contribution in [1.29, 1.82) is 0 Å². The van der Waals surface area contributed by atoms with Gasteiger partial charge in [-0.25, -0.2) is 9.97 Å². The smallest absolute Gasteiger partial charge is 0.872 e. The van der Waals surface area contributed by atoms with Gasteiger partial charge in [0.25, 0.3) is 0 Å². The van der Waals surface area contributed by atoms with Crippen LogP contribution in [0.15, 0.2) is 97.3 Å². The van der Waals surface area contributed by atoms with Crippen molar-refractivity contribution < 1.29 is 20.2 Å². The van der Waals surface area contributed by atoms with Gasteiger partial charge in [0, 0.05) is 35.4 Å². The molecule has 0 fully saturated rings. The Morgan fingerprint density at radius 3 is 1.19 bits per heavy atom. The predicted octanol–water partition coefficient (Wildman–Crippen LogP) is 2.10. The molecule has 4 rings (SSSR count). The molecule has 27 heavy (non-hydrogen) atoms. The van der Waals surface area contributed by atoms with Gasteiger partial charge in [0.2, 0.25) is 11.4 Å². The van der Waals surface area contributed by atoms with E-state index in [0.29, 0.717) is 11.1 Å². The van der Waals surface area contributed by atoms with Crippen molar-refractivity contribution in [1.82, 2.24) is 0 Å². The maximum absolute atomic E-state index is 11.4. The minimum Gasteiger partial charge on any atom is -0.872 e. The number of hydrogen-bond donors (Lipinski definition) is 0. The second-order valence-electron chi connectivity index (χ2n) is 5.54. The van der Waals surface area contributed by atoms with Crippen LogP contribution in [0.4, 0.5) is 0 Å². The maximum Gasteiger partial charge on any atom is 2.00 e. The van der Waals surface area contributed by atoms with Crippen molar-refractivity contribution >= 4 is 23.1 Å². The zero-order valence-electron chi connectivity index (χ0n) is 14.8. The molecule has 0 saturated carbocycles. The Bertz CT molecular complexity index is 883. The van der Waals surface area contributed by atoms with Crippen LogP contribution in [0.2, 0.25) is 0 Å². The number of hydrogen-bond acceptors (Lipinski definition) is 2. The molecule has 4 aromatic rings. The topological polar surface area (TPSA) is 74.4 Å². The van der Waals surface area contributed by atoms with Gasteiger partial charge in [0.05, 0.1) is 0 Å². The molecule has 0 bridgehead atoms. The molecule has 2 aromatic carbocycles. The Kier molecular flexibility index (Phi) is 7.79. The van der Waals surface area contributed by atoms with Gasteiger partial charge in [-0.15, -0.1) is 0 Å². The van der Waals surface area contributed by atoms with Crippen molar-refractivity contribution in [3.8, 4) is 34.0 Å². The number of aromatic nitrogens is 2. The van der Waals surface area contributed by atoms with Gasteiger partial charge in [-0.1, -0.05) is 47.9 Å². The Morgan fingerprint density at radius 2 is 0.852 bits per heavy atom. The Morgan fingerprint density at radius 1 is 0.481 bits per heavy atom. The van der Waals surface area contributed by atoms with E-state index in [1.807, 2.05) is 73.1 Å². The number of benzene rings is 2. The molecular formula is C22H18MgN2O2+2. The van der Waals surface area contributed by atoms with E-state index in [0.717, 1.165) is 11.4 Å². The molecule has 5 heteroatoms. The quantitative estimate of drug-likeness (QED) is 0.509. The van der Waals surface area contributed by atoms with Crippen LogP contribution >= 0.6 is 0 Å². The summed E-state index contributed by atoms with van der Waals surface area (Å²) in [4.78, 5) is 6.05. The number of rotatable bonds is 2. The normalized spacial score (nSPS) is 9.48. The molecule has 0 atom stereocenters. The van der Waals surface area contributed by atoms with Gasteiger partial charge in [-0.05, 0) is 24.3 Å². The standard InChI is InChI=1S/2C11H9NO.Mg/c2*13-11-7-2-1-5-9(11)10-6-3-4-8-12-10;/h2*1-8,13H;/q;;+2. The van der Waals surface area contributed by atoms with Crippen LogP contribution in [0.3, 0.4) is 0 Å². The first-order valence-electron chi connectivity index (χ1n) is 8.22. The molecule has 2 N–H and O–H groups in total. The van der Waals surface area contributed by atoms with Crippen molar-refractivity contribution in [3.63, 3.8) is 0 Å². The number of pyridine rings is 2. The van der Waals surface area contributed by atoms with Crippen LogP contribution < -0.4 is 20.2 Å². The monoisotopic (exact) mass is 366 g/mol. The van der Waals surface area contributed by atoms with Gasteiger partial charge in [-0.2, -0.15) is 0 Å². The number of aromatic amines is 2. The largest absolute Gasteiger partial charge is 2.00 e. The molecule has 4 nitrogen and oxygen atoms in total. The van der Waals surface area contributed by atoms with Crippen molar-refractivity contribution in [2.24, 2.45) is 0 Å². The molecule has 2 heterocycles. The molecule has 0 saturated heterocycles. The van der Waals surface area contributed by atoms with Crippen LogP contribution in [0.25, 0.3) is 22.5 Å². The average Bonchev–Trinajstić information content (AvgIpc) is 2.71. The fourth-order valence-electron chi connectivity index (χ4n) is 2.50. The summed E-state index contributed by atoms with van der Waals surface area (Å²) in [7, 11) is 0. The van der Waals surface area contributed by atoms with E-state index in [-0.39, 0.29) is 34.6 Å². The number of H-pyrrole nitrogens is 2. The zero-order valence-corrected chi connectivity index (χ0v) is 16.2. The van der Waals surface area contributed by atoms with Crippen LogP contribution in [0, 0.1) is 0 Å². The molecule has 2 aromatic heterocycles. The van der Waals surface area contributed by atoms with Crippen molar-refractivity contribution in [2.75, 3.05) is 0 Å². The maximum atomic E-state index is 11.4. The van der Waals surface area contributed by atoms with E-state index >= 15 is 0 Å². The van der Waals surface area contributed by atoms with Gasteiger partial charge in [0.15, 0.2) is 12.4 Å². The summed E-state index contributed by atoms with van der Waals surface area (Å²) >= 11 is 0. The Labute approximate surface area is 174 Å². The van der Waals surface area contributed by atoms with E-state index in [1.54, 1.807) is 24.3 Å². The van der Waals surface area contributed by atoms with Gasteiger partial charge in [-0.3, -0.25) is 0 Å². The average molecular weight is 367 g/mol. The van der Waals surface area contributed by atoms with Gasteiger partial charge in [0.1, 0.15) is 0 Å². The van der Waals surface area contributed by atoms with E-state index in [9.17, 15) is 10.2 Å². The molecule has 0 aliphatic carbocycles. The summed E-state index contributed by atoms with van der Waals surface area (Å²) in [6.07, 6.45) is 3.61. The van der Waals surface area contributed by atoms with E-state index < -0.39 is 0 Å². The molecular weight excluding hydrogens is 349 g/mol. The molecule has 0 radical (unpaired) electrons. The summed E-state index contributed by atoms with van der Waals surface area (Å²) in [5.41, 5.74) is 3.13. The molecule has 0 aliphatic heterocycles. The fourth-order valence-corrected chi connectivity index (χ4v) is 2.50. The fraction of sp³-hybridized carbons (Fsp3) is 0. The molecule has 0 unspecified atom stereocenters. The minimum absolute atomic E-state index is 0. The van der Waals surface area contributed by atoms with Crippen molar-refractivity contribution in [2.45, 2.75) is 0 Å². The van der Waals surface area contributed by atoms with E-state index in [4.69, 9.17) is 0 Å². The zero-order chi connectivity index (χ0) is 18.2. The molecule has 0 amide bonds. The summed E-state index contributed by atoms with van der Waals surface area (Å²) in [6.45, 7) is 0. The number of nitrogens with one attached hydrogen (secondary N) is 2. The molecule has 0 aliphatic rings. The van der Waals surface area contributed by atoms with Crippen LogP contribution in [0.1, 0.15) is 0 Å². The summed E-state index contributed by atoms with van der Waals surface area (Å²) in [5, 5.41) is 22.8. The van der Waals surface area contributed by atoms with Gasteiger partial charge >= 0.3 is 23.1 Å². The van der Waals surface area contributed by atoms with Crippen molar-refractivity contribution in [3.05, 3.63) is 97.3 Å². The van der Waals surface area contributed by atoms with Crippen LogP contribution in [-0.4, -0.2) is 23.1 Å². The number of para-hydroxylation sites is 2. The van der Waals surface area contributed by atoms with Crippen LogP contribution in [-0.2, 0) is 0 Å². The van der Waals surface area contributed by atoms with E-state index in [2.05, 4.69) is 9.97 Å². The molecule has 0 spiro atoms. The third kappa shape index (κ3) is 5.54. The minimum atomic E-state index is 0. The third-order valence-corrected chi connectivity index (χ3v) is 3.77. The first kappa shape index (κ1) is 20.4. The second-order valence-corrected chi connectivity index (χ2v) is 5.54. The molecule has 128 valence electrons. The SMILES string of the molecule is [Mg+2].[O-]c1ccccc1-c1cccc[nH+]1.[O-]c1ccccc1-c1cccc[nH+]1. The predicted molar refractivity (Wildman–Crippen MR) is 102 cm³/mol. The van der Waals surface area contributed by atoms with E-state index in [1.165, 1.54) is 0 Å². The van der Waals surface area contributed by atoms with Crippen LogP contribution in [0.5, 0.6) is 11.5 Å². The Hall–Kier alpha value is -2.89. The Balaban J connectivity index is 0.000000187. The summed E-state index contributed by atoms with van der Waals surface area (Å²) < 4.78 is 0. The first-order valence-corrected chi connectivity index (χ1v) is 8.22. The second kappa shape index (κ2) is 10.3.